The molecule has 2 rings (SSSR count). The SMILES string of the molecule is O=C1NCCN(C(=O)Nc2cccc(C(F)(F)F)c2F)[C@@H]1CCO. The molecule has 0 aliphatic carbocycles. The summed E-state index contributed by atoms with van der Waals surface area (Å²) in [6.45, 7) is -0.123. The Morgan fingerprint density at radius 3 is 2.75 bits per heavy atom. The minimum absolute atomic E-state index is 0.0374. The van der Waals surface area contributed by atoms with Gasteiger partial charge in [0, 0.05) is 19.7 Å². The molecule has 1 aromatic carbocycles. The van der Waals surface area contributed by atoms with Gasteiger partial charge in [-0.3, -0.25) is 4.79 Å². The highest BCUT2D eigenvalue weighted by Gasteiger charge is 2.36. The summed E-state index contributed by atoms with van der Waals surface area (Å²) in [5, 5.41) is 13.5. The second-order valence-corrected chi connectivity index (χ2v) is 5.11. The predicted octanol–water partition coefficient (Wildman–Crippen LogP) is 1.56. The van der Waals surface area contributed by atoms with E-state index in [4.69, 9.17) is 5.11 Å². The van der Waals surface area contributed by atoms with Gasteiger partial charge in [0.05, 0.1) is 11.3 Å². The largest absolute Gasteiger partial charge is 0.419 e. The fraction of sp³-hybridized carbons (Fsp3) is 0.429. The van der Waals surface area contributed by atoms with Gasteiger partial charge < -0.3 is 20.6 Å². The van der Waals surface area contributed by atoms with E-state index in [1.54, 1.807) is 0 Å². The Hall–Kier alpha value is -2.36. The number of nitrogens with zero attached hydrogens (tertiary/aromatic N) is 1. The van der Waals surface area contributed by atoms with Crippen molar-refractivity contribution >= 4 is 17.6 Å². The first kappa shape index (κ1) is 18.0. The van der Waals surface area contributed by atoms with Gasteiger partial charge in [0.25, 0.3) is 0 Å². The van der Waals surface area contributed by atoms with E-state index in [0.29, 0.717) is 6.07 Å². The number of hydrogen-bond acceptors (Lipinski definition) is 3. The molecule has 132 valence electrons. The van der Waals surface area contributed by atoms with Crippen LogP contribution >= 0.6 is 0 Å². The molecule has 0 bridgehead atoms. The number of alkyl halides is 3. The Kier molecular flexibility index (Phi) is 5.27. The van der Waals surface area contributed by atoms with Gasteiger partial charge in [-0.25, -0.2) is 9.18 Å². The van der Waals surface area contributed by atoms with Crippen LogP contribution in [0.2, 0.25) is 0 Å². The molecule has 6 nitrogen and oxygen atoms in total. The van der Waals surface area contributed by atoms with Crippen molar-refractivity contribution < 1.29 is 32.3 Å². The van der Waals surface area contributed by atoms with E-state index in [1.807, 2.05) is 0 Å². The Bertz CT molecular complexity index is 636. The van der Waals surface area contributed by atoms with Gasteiger partial charge in [0.2, 0.25) is 5.91 Å². The summed E-state index contributed by atoms with van der Waals surface area (Å²) < 4.78 is 52.0. The summed E-state index contributed by atoms with van der Waals surface area (Å²) in [5.41, 5.74) is -2.13. The molecule has 3 N–H and O–H groups in total. The van der Waals surface area contributed by atoms with Crippen molar-refractivity contribution in [2.75, 3.05) is 25.0 Å². The first-order chi connectivity index (χ1) is 11.3. The lowest BCUT2D eigenvalue weighted by Gasteiger charge is -2.34. The van der Waals surface area contributed by atoms with E-state index < -0.39 is 41.2 Å². The van der Waals surface area contributed by atoms with Crippen molar-refractivity contribution in [3.8, 4) is 0 Å². The van der Waals surface area contributed by atoms with E-state index in [0.717, 1.165) is 17.0 Å². The number of amides is 3. The van der Waals surface area contributed by atoms with Crippen molar-refractivity contribution in [3.05, 3.63) is 29.6 Å². The van der Waals surface area contributed by atoms with Gasteiger partial charge in [0.15, 0.2) is 5.82 Å². The molecule has 0 aromatic heterocycles. The van der Waals surface area contributed by atoms with Gasteiger partial charge in [-0.1, -0.05) is 6.07 Å². The van der Waals surface area contributed by atoms with Crippen molar-refractivity contribution in [1.82, 2.24) is 10.2 Å². The summed E-state index contributed by atoms with van der Waals surface area (Å²) in [5.74, 6) is -2.09. The van der Waals surface area contributed by atoms with Gasteiger partial charge in [-0.05, 0) is 18.6 Å². The first-order valence-electron chi connectivity index (χ1n) is 7.07. The van der Waals surface area contributed by atoms with Crippen molar-refractivity contribution in [2.24, 2.45) is 0 Å². The highest BCUT2D eigenvalue weighted by molar-refractivity contribution is 5.94. The number of aliphatic hydroxyl groups excluding tert-OH is 1. The van der Waals surface area contributed by atoms with E-state index in [1.165, 1.54) is 0 Å². The summed E-state index contributed by atoms with van der Waals surface area (Å²) in [6, 6.07) is 0.635. The number of carbonyl (C=O) groups excluding carboxylic acids is 2. The second-order valence-electron chi connectivity index (χ2n) is 5.11. The summed E-state index contributed by atoms with van der Waals surface area (Å²) >= 11 is 0. The quantitative estimate of drug-likeness (QED) is 0.725. The Labute approximate surface area is 134 Å². The number of hydrogen-bond donors (Lipinski definition) is 3. The van der Waals surface area contributed by atoms with Crippen LogP contribution in [0.15, 0.2) is 18.2 Å². The normalized spacial score (nSPS) is 18.3. The minimum Gasteiger partial charge on any atom is -0.396 e. The lowest BCUT2D eigenvalue weighted by atomic mass is 10.1. The maximum atomic E-state index is 13.9. The Morgan fingerprint density at radius 1 is 1.42 bits per heavy atom. The number of halogens is 4. The number of nitrogens with one attached hydrogen (secondary N) is 2. The second kappa shape index (κ2) is 7.04. The van der Waals surface area contributed by atoms with Crippen LogP contribution in [0.1, 0.15) is 12.0 Å². The molecule has 0 saturated carbocycles. The number of carbonyl (C=O) groups is 2. The van der Waals surface area contributed by atoms with Gasteiger partial charge in [-0.15, -0.1) is 0 Å². The number of rotatable bonds is 3. The molecular formula is C14H15F4N3O3. The van der Waals surface area contributed by atoms with Crippen LogP contribution in [-0.4, -0.2) is 47.7 Å². The average molecular weight is 349 g/mol. The van der Waals surface area contributed by atoms with Crippen molar-refractivity contribution in [3.63, 3.8) is 0 Å². The minimum atomic E-state index is -4.89. The maximum absolute atomic E-state index is 13.9. The Balaban J connectivity index is 2.21. The lowest BCUT2D eigenvalue weighted by molar-refractivity contribution is -0.139. The van der Waals surface area contributed by atoms with E-state index in [2.05, 4.69) is 10.6 Å². The monoisotopic (exact) mass is 349 g/mol. The zero-order valence-electron chi connectivity index (χ0n) is 12.4. The smallest absolute Gasteiger partial charge is 0.396 e. The number of benzene rings is 1. The van der Waals surface area contributed by atoms with Gasteiger partial charge in [0.1, 0.15) is 6.04 Å². The average Bonchev–Trinajstić information content (AvgIpc) is 2.50. The lowest BCUT2D eigenvalue weighted by Crippen LogP contribution is -2.58. The molecule has 1 fully saturated rings. The zero-order valence-corrected chi connectivity index (χ0v) is 12.4. The molecule has 3 amide bonds. The van der Waals surface area contributed by atoms with Crippen LogP contribution in [0.4, 0.5) is 28.0 Å². The first-order valence-corrected chi connectivity index (χ1v) is 7.07. The van der Waals surface area contributed by atoms with E-state index >= 15 is 0 Å². The third-order valence-electron chi connectivity index (χ3n) is 3.54. The predicted molar refractivity (Wildman–Crippen MR) is 75.6 cm³/mol. The summed E-state index contributed by atoms with van der Waals surface area (Å²) in [4.78, 5) is 25.0. The maximum Gasteiger partial charge on any atom is 0.419 e. The number of urea groups is 1. The molecular weight excluding hydrogens is 334 g/mol. The highest BCUT2D eigenvalue weighted by atomic mass is 19.4. The molecule has 1 aliphatic rings. The standard InChI is InChI=1S/C14H15F4N3O3/c15-11-8(14(16,17)18)2-1-3-9(11)20-13(24)21-6-5-19-12(23)10(21)4-7-22/h1-3,10,22H,4-7H2,(H,19,23)(H,20,24)/t10-/m1/s1. The zero-order chi connectivity index (χ0) is 17.9. The molecule has 1 heterocycles. The van der Waals surface area contributed by atoms with Crippen molar-refractivity contribution in [2.45, 2.75) is 18.6 Å². The molecule has 1 atom stereocenters. The molecule has 0 unspecified atom stereocenters. The topological polar surface area (TPSA) is 81.7 Å². The molecule has 10 heteroatoms. The van der Waals surface area contributed by atoms with Crippen molar-refractivity contribution in [1.29, 1.82) is 0 Å². The van der Waals surface area contributed by atoms with E-state index in [9.17, 15) is 27.2 Å². The van der Waals surface area contributed by atoms with Crippen LogP contribution in [0.3, 0.4) is 0 Å². The fourth-order valence-electron chi connectivity index (χ4n) is 2.40. The van der Waals surface area contributed by atoms with Crippen LogP contribution < -0.4 is 10.6 Å². The molecule has 0 spiro atoms. The Morgan fingerprint density at radius 2 is 2.12 bits per heavy atom. The third-order valence-corrected chi connectivity index (χ3v) is 3.54. The van der Waals surface area contributed by atoms with Crippen LogP contribution in [-0.2, 0) is 11.0 Å². The summed E-state index contributed by atoms with van der Waals surface area (Å²) in [7, 11) is 0. The number of aliphatic hydroxyl groups is 1. The number of piperazine rings is 1. The molecule has 1 aliphatic heterocycles. The highest BCUT2D eigenvalue weighted by Crippen LogP contribution is 2.34. The van der Waals surface area contributed by atoms with Crippen LogP contribution in [0.25, 0.3) is 0 Å². The third kappa shape index (κ3) is 3.75. The van der Waals surface area contributed by atoms with E-state index in [-0.39, 0.29) is 26.1 Å². The fourth-order valence-corrected chi connectivity index (χ4v) is 2.40. The molecule has 24 heavy (non-hydrogen) atoms. The van der Waals surface area contributed by atoms with Gasteiger partial charge in [-0.2, -0.15) is 13.2 Å². The van der Waals surface area contributed by atoms with Gasteiger partial charge >= 0.3 is 12.2 Å². The number of anilines is 1. The van der Waals surface area contributed by atoms with Crippen LogP contribution in [0, 0.1) is 5.82 Å². The van der Waals surface area contributed by atoms with Crippen LogP contribution in [0.5, 0.6) is 0 Å². The molecule has 0 radical (unpaired) electrons. The molecule has 1 aromatic rings. The summed E-state index contributed by atoms with van der Waals surface area (Å²) in [6.07, 6.45) is -4.93. The molecule has 1 saturated heterocycles.